The average Bonchev–Trinajstić information content (AvgIpc) is 3.27. The van der Waals surface area contributed by atoms with E-state index in [2.05, 4.69) is 10.6 Å². The van der Waals surface area contributed by atoms with Gasteiger partial charge >= 0.3 is 0 Å². The number of benzene rings is 6. The van der Waals surface area contributed by atoms with Crippen molar-refractivity contribution in [2.24, 2.45) is 0 Å². The number of rotatable bonds is 17. The Kier molecular flexibility index (Phi) is 13.7. The van der Waals surface area contributed by atoms with Crippen LogP contribution < -0.4 is 38.2 Å². The van der Waals surface area contributed by atoms with E-state index in [9.17, 15) is 26.4 Å². The Morgan fingerprint density at radius 3 is 1.56 bits per heavy atom. The second kappa shape index (κ2) is 19.1. The van der Waals surface area contributed by atoms with Crippen molar-refractivity contribution in [3.8, 4) is 34.1 Å². The van der Waals surface area contributed by atoms with Crippen molar-refractivity contribution < 1.29 is 45.4 Å². The highest BCUT2D eigenvalue weighted by Gasteiger charge is 2.30. The van der Waals surface area contributed by atoms with Crippen LogP contribution in [-0.2, 0) is 29.6 Å². The van der Waals surface area contributed by atoms with Crippen LogP contribution in [0.15, 0.2) is 149 Å². The van der Waals surface area contributed by atoms with Crippen LogP contribution in [0.25, 0.3) is 11.1 Å². The molecule has 0 spiro atoms. The predicted molar refractivity (Wildman–Crippen MR) is 235 cm³/mol. The molecule has 2 amide bonds. The second-order valence-corrected chi connectivity index (χ2v) is 17.2. The summed E-state index contributed by atoms with van der Waals surface area (Å²) >= 11 is 6.70. The van der Waals surface area contributed by atoms with E-state index in [1.165, 1.54) is 89.1 Å². The summed E-state index contributed by atoms with van der Waals surface area (Å²) in [5.74, 6) is 0.292. The van der Waals surface area contributed by atoms with Gasteiger partial charge in [-0.25, -0.2) is 16.8 Å². The first kappa shape index (κ1) is 43.8. The van der Waals surface area contributed by atoms with Crippen LogP contribution >= 0.6 is 11.6 Å². The van der Waals surface area contributed by atoms with Crippen LogP contribution in [0.4, 0.5) is 22.7 Å². The fraction of sp³-hybridized carbons (Fsp3) is 0.136. The average molecular weight is 885 g/mol. The minimum absolute atomic E-state index is 0.00801. The van der Waals surface area contributed by atoms with Crippen LogP contribution in [-0.4, -0.2) is 70.2 Å². The number of carbonyl (C=O) groups excluding carboxylic acids is 2. The van der Waals surface area contributed by atoms with Crippen LogP contribution in [0.2, 0.25) is 5.02 Å². The summed E-state index contributed by atoms with van der Waals surface area (Å²) in [4.78, 5) is 26.7. The molecule has 0 aliphatic rings. The fourth-order valence-electron chi connectivity index (χ4n) is 6.17. The molecular weight excluding hydrogens is 844 g/mol. The number of hydrogen-bond donors (Lipinski definition) is 2. The maximum absolute atomic E-state index is 14.0. The Morgan fingerprint density at radius 1 is 0.525 bits per heavy atom. The quantitative estimate of drug-likeness (QED) is 0.0926. The number of para-hydroxylation sites is 1. The van der Waals surface area contributed by atoms with Crippen LogP contribution in [0.3, 0.4) is 0 Å². The van der Waals surface area contributed by atoms with Crippen molar-refractivity contribution in [1.29, 1.82) is 0 Å². The number of amides is 2. The van der Waals surface area contributed by atoms with Crippen molar-refractivity contribution in [3.63, 3.8) is 0 Å². The van der Waals surface area contributed by atoms with E-state index in [4.69, 9.17) is 30.5 Å². The Balaban J connectivity index is 1.15. The van der Waals surface area contributed by atoms with E-state index in [1.807, 2.05) is 0 Å². The number of nitrogens with one attached hydrogen (secondary N) is 2. The topological polar surface area (TPSA) is 170 Å². The number of sulfonamides is 2. The number of hydrogen-bond acceptors (Lipinski definition) is 10. The normalized spacial score (nSPS) is 11.2. The zero-order valence-electron chi connectivity index (χ0n) is 33.4. The van der Waals surface area contributed by atoms with Gasteiger partial charge in [0.1, 0.15) is 24.6 Å². The molecule has 316 valence electrons. The monoisotopic (exact) mass is 884 g/mol. The standard InChI is InChI=1S/C44H41ClN4O10S2/c1-56-35-17-15-34(16-18-35)49(61(54,55)38-23-25-41(58-3)42(27-38)59-4)29-44(51)47-32-14-24-39(40(45)26-32)30-10-12-31(13-11-30)46-43(50)28-48(33-8-6-5-7-9-33)60(52,53)37-21-19-36(57-2)20-22-37/h5-27H,28-29H2,1-4H3,(H,46,50)(H,47,51). The van der Waals surface area contributed by atoms with Gasteiger partial charge in [-0.05, 0) is 103 Å². The van der Waals surface area contributed by atoms with Crippen molar-refractivity contribution in [2.75, 3.05) is 60.8 Å². The maximum atomic E-state index is 14.0. The fourth-order valence-corrected chi connectivity index (χ4v) is 9.32. The van der Waals surface area contributed by atoms with E-state index in [1.54, 1.807) is 78.9 Å². The van der Waals surface area contributed by atoms with Crippen molar-refractivity contribution in [2.45, 2.75) is 9.79 Å². The molecule has 6 rings (SSSR count). The minimum atomic E-state index is -4.31. The molecule has 0 saturated carbocycles. The predicted octanol–water partition coefficient (Wildman–Crippen LogP) is 7.71. The molecule has 0 fully saturated rings. The molecule has 61 heavy (non-hydrogen) atoms. The third kappa shape index (κ3) is 10.2. The smallest absolute Gasteiger partial charge is 0.264 e. The first-order valence-corrected chi connectivity index (χ1v) is 21.6. The Hall–Kier alpha value is -6.75. The maximum Gasteiger partial charge on any atom is 0.264 e. The number of halogens is 1. The number of anilines is 4. The summed E-state index contributed by atoms with van der Waals surface area (Å²) in [7, 11) is -2.66. The lowest BCUT2D eigenvalue weighted by Gasteiger charge is -2.25. The molecule has 6 aromatic carbocycles. The van der Waals surface area contributed by atoms with Gasteiger partial charge in [-0.2, -0.15) is 0 Å². The lowest BCUT2D eigenvalue weighted by atomic mass is 10.0. The molecule has 0 bridgehead atoms. The van der Waals surface area contributed by atoms with Crippen LogP contribution in [0.1, 0.15) is 0 Å². The van der Waals surface area contributed by atoms with Gasteiger partial charge in [0.25, 0.3) is 20.0 Å². The summed E-state index contributed by atoms with van der Waals surface area (Å²) in [6.07, 6.45) is 0. The summed E-state index contributed by atoms with van der Waals surface area (Å²) < 4.78 is 78.5. The van der Waals surface area contributed by atoms with Gasteiger partial charge < -0.3 is 29.6 Å². The van der Waals surface area contributed by atoms with E-state index >= 15 is 0 Å². The lowest BCUT2D eigenvalue weighted by Crippen LogP contribution is -2.38. The molecule has 2 N–H and O–H groups in total. The lowest BCUT2D eigenvalue weighted by molar-refractivity contribution is -0.115. The highest BCUT2D eigenvalue weighted by molar-refractivity contribution is 7.93. The Labute approximate surface area is 359 Å². The molecule has 0 heterocycles. The number of methoxy groups -OCH3 is 4. The van der Waals surface area contributed by atoms with Gasteiger partial charge in [0.05, 0.1) is 54.6 Å². The summed E-state index contributed by atoms with van der Waals surface area (Å²) in [5.41, 5.74) is 2.54. The number of ether oxygens (including phenoxy) is 4. The molecule has 0 radical (unpaired) electrons. The first-order valence-electron chi connectivity index (χ1n) is 18.4. The van der Waals surface area contributed by atoms with Gasteiger partial charge in [-0.3, -0.25) is 18.2 Å². The summed E-state index contributed by atoms with van der Waals surface area (Å²) in [5, 5.41) is 5.78. The van der Waals surface area contributed by atoms with Crippen molar-refractivity contribution >= 4 is 66.2 Å². The first-order chi connectivity index (χ1) is 29.3. The summed E-state index contributed by atoms with van der Waals surface area (Å²) in [6.45, 7) is -1.09. The van der Waals surface area contributed by atoms with Gasteiger partial charge in [0.15, 0.2) is 11.5 Å². The number of nitrogens with zero attached hydrogens (tertiary/aromatic N) is 2. The van der Waals surface area contributed by atoms with Gasteiger partial charge in [0, 0.05) is 23.0 Å². The molecular formula is C44H41ClN4O10S2. The highest BCUT2D eigenvalue weighted by Crippen LogP contribution is 2.34. The van der Waals surface area contributed by atoms with E-state index in [-0.39, 0.29) is 26.3 Å². The molecule has 0 saturated heterocycles. The molecule has 14 nitrogen and oxygen atoms in total. The third-order valence-corrected chi connectivity index (χ3v) is 13.2. The Bertz CT molecular complexity index is 2720. The largest absolute Gasteiger partial charge is 0.497 e. The van der Waals surface area contributed by atoms with Crippen LogP contribution in [0, 0.1) is 0 Å². The SMILES string of the molecule is COc1ccc(N(CC(=O)Nc2ccc(-c3ccc(NC(=O)CN(c4ccccc4)S(=O)(=O)c4ccc(OC)cc4)cc3)c(Cl)c2)S(=O)(=O)c2ccc(OC)c(OC)c2)cc1. The zero-order valence-corrected chi connectivity index (χ0v) is 35.8. The molecule has 0 unspecified atom stereocenters. The Morgan fingerprint density at radius 2 is 1.02 bits per heavy atom. The highest BCUT2D eigenvalue weighted by atomic mass is 35.5. The molecule has 0 atom stereocenters. The zero-order chi connectivity index (χ0) is 43.7. The molecule has 0 aliphatic carbocycles. The van der Waals surface area contributed by atoms with Crippen LogP contribution in [0.5, 0.6) is 23.0 Å². The van der Waals surface area contributed by atoms with Gasteiger partial charge in [0.2, 0.25) is 11.8 Å². The van der Waals surface area contributed by atoms with Crippen molar-refractivity contribution in [3.05, 3.63) is 145 Å². The molecule has 17 heteroatoms. The number of carbonyl (C=O) groups is 2. The minimum Gasteiger partial charge on any atom is -0.497 e. The van der Waals surface area contributed by atoms with Crippen molar-refractivity contribution in [1.82, 2.24) is 0 Å². The van der Waals surface area contributed by atoms with Gasteiger partial charge in [-0.1, -0.05) is 48.0 Å². The molecule has 0 aromatic heterocycles. The van der Waals surface area contributed by atoms with Gasteiger partial charge in [-0.15, -0.1) is 0 Å². The van der Waals surface area contributed by atoms with E-state index < -0.39 is 45.0 Å². The second-order valence-electron chi connectivity index (χ2n) is 13.1. The third-order valence-electron chi connectivity index (χ3n) is 9.30. The molecule has 0 aliphatic heterocycles. The molecule has 6 aromatic rings. The summed E-state index contributed by atoms with van der Waals surface area (Å²) in [6, 6.07) is 36.2. The van der Waals surface area contributed by atoms with E-state index in [0.717, 1.165) is 8.61 Å². The van der Waals surface area contributed by atoms with E-state index in [0.29, 0.717) is 45.4 Å².